The Balaban J connectivity index is 2.39. The summed E-state index contributed by atoms with van der Waals surface area (Å²) in [7, 11) is 2.96. The van der Waals surface area contributed by atoms with Crippen LogP contribution in [0.15, 0.2) is 36.4 Å². The summed E-state index contributed by atoms with van der Waals surface area (Å²) in [6.45, 7) is 0. The van der Waals surface area contributed by atoms with Gasteiger partial charge in [-0.2, -0.15) is 0 Å². The van der Waals surface area contributed by atoms with Crippen molar-refractivity contribution in [1.29, 1.82) is 0 Å². The summed E-state index contributed by atoms with van der Waals surface area (Å²) >= 11 is 0. The van der Waals surface area contributed by atoms with E-state index in [0.717, 1.165) is 16.7 Å². The summed E-state index contributed by atoms with van der Waals surface area (Å²) in [6.07, 6.45) is 2.96. The van der Waals surface area contributed by atoms with E-state index in [0.29, 0.717) is 5.69 Å². The molecule has 0 fully saturated rings. The maximum Gasteiger partial charge on any atom is 0.330 e. The average Bonchev–Trinajstić information content (AvgIpc) is 2.43. The topological polar surface area (TPSA) is 48.4 Å². The van der Waals surface area contributed by atoms with Crippen LogP contribution in [0.2, 0.25) is 0 Å². The van der Waals surface area contributed by atoms with Gasteiger partial charge in [-0.15, -0.1) is 0 Å². The molecule has 2 aromatic rings. The molecule has 0 aliphatic carbocycles. The number of carbonyl (C=O) groups excluding carboxylic acids is 1. The minimum absolute atomic E-state index is 0.400. The van der Waals surface area contributed by atoms with Gasteiger partial charge in [0.1, 0.15) is 5.75 Å². The SMILES string of the molecule is COC(=O)/C=C/c1ccc2c(OC)cccc2n1. The number of nitrogens with zero attached hydrogens (tertiary/aromatic N) is 1. The molecule has 1 aromatic carbocycles. The molecule has 4 nitrogen and oxygen atoms in total. The minimum Gasteiger partial charge on any atom is -0.496 e. The van der Waals surface area contributed by atoms with Crippen LogP contribution in [-0.4, -0.2) is 25.2 Å². The summed E-state index contributed by atoms with van der Waals surface area (Å²) in [4.78, 5) is 15.4. The summed E-state index contributed by atoms with van der Waals surface area (Å²) in [5.41, 5.74) is 1.52. The third-order valence-corrected chi connectivity index (χ3v) is 2.52. The molecule has 1 heterocycles. The fourth-order valence-electron chi connectivity index (χ4n) is 1.63. The third-order valence-electron chi connectivity index (χ3n) is 2.52. The van der Waals surface area contributed by atoms with Crippen LogP contribution < -0.4 is 4.74 Å². The van der Waals surface area contributed by atoms with Gasteiger partial charge in [0, 0.05) is 11.5 Å². The van der Waals surface area contributed by atoms with Crippen molar-refractivity contribution in [3.63, 3.8) is 0 Å². The molecule has 18 heavy (non-hydrogen) atoms. The first-order chi connectivity index (χ1) is 8.74. The Bertz CT molecular complexity index is 605. The van der Waals surface area contributed by atoms with Gasteiger partial charge >= 0.3 is 5.97 Å². The van der Waals surface area contributed by atoms with Crippen molar-refractivity contribution in [3.05, 3.63) is 42.1 Å². The van der Waals surface area contributed by atoms with Gasteiger partial charge in [0.25, 0.3) is 0 Å². The molecule has 92 valence electrons. The predicted octanol–water partition coefficient (Wildman–Crippen LogP) is 2.43. The van der Waals surface area contributed by atoms with E-state index in [1.54, 1.807) is 13.2 Å². The highest BCUT2D eigenvalue weighted by Crippen LogP contribution is 2.24. The van der Waals surface area contributed by atoms with Gasteiger partial charge in [-0.25, -0.2) is 9.78 Å². The van der Waals surface area contributed by atoms with E-state index in [4.69, 9.17) is 4.74 Å². The number of benzene rings is 1. The van der Waals surface area contributed by atoms with E-state index in [9.17, 15) is 4.79 Å². The summed E-state index contributed by atoms with van der Waals surface area (Å²) < 4.78 is 9.77. The average molecular weight is 243 g/mol. The van der Waals surface area contributed by atoms with Gasteiger partial charge in [-0.05, 0) is 30.3 Å². The van der Waals surface area contributed by atoms with Crippen molar-refractivity contribution in [2.24, 2.45) is 0 Å². The number of hydrogen-bond donors (Lipinski definition) is 0. The van der Waals surface area contributed by atoms with Crippen molar-refractivity contribution < 1.29 is 14.3 Å². The molecule has 0 saturated carbocycles. The fraction of sp³-hybridized carbons (Fsp3) is 0.143. The summed E-state index contributed by atoms with van der Waals surface area (Å²) in [5.74, 6) is 0.381. The van der Waals surface area contributed by atoms with Crippen LogP contribution in [0.4, 0.5) is 0 Å². The van der Waals surface area contributed by atoms with E-state index in [1.165, 1.54) is 13.2 Å². The Labute approximate surface area is 105 Å². The Hall–Kier alpha value is -2.36. The van der Waals surface area contributed by atoms with Crippen molar-refractivity contribution in [2.45, 2.75) is 0 Å². The number of hydrogen-bond acceptors (Lipinski definition) is 4. The highest BCUT2D eigenvalue weighted by atomic mass is 16.5. The van der Waals surface area contributed by atoms with E-state index in [1.807, 2.05) is 30.3 Å². The molecule has 0 radical (unpaired) electrons. The molecule has 0 spiro atoms. The first kappa shape index (κ1) is 12.1. The quantitative estimate of drug-likeness (QED) is 0.613. The van der Waals surface area contributed by atoms with Crippen LogP contribution in [0.25, 0.3) is 17.0 Å². The van der Waals surface area contributed by atoms with Gasteiger partial charge in [0.2, 0.25) is 0 Å². The first-order valence-corrected chi connectivity index (χ1v) is 5.44. The van der Waals surface area contributed by atoms with Crippen molar-refractivity contribution in [2.75, 3.05) is 14.2 Å². The van der Waals surface area contributed by atoms with E-state index >= 15 is 0 Å². The smallest absolute Gasteiger partial charge is 0.330 e. The lowest BCUT2D eigenvalue weighted by molar-refractivity contribution is -0.134. The maximum absolute atomic E-state index is 11.0. The van der Waals surface area contributed by atoms with E-state index < -0.39 is 5.97 Å². The number of rotatable bonds is 3. The Kier molecular flexibility index (Phi) is 3.57. The molecule has 0 bridgehead atoms. The molecular formula is C14H13NO3. The number of ether oxygens (including phenoxy) is 2. The minimum atomic E-state index is -0.400. The zero-order valence-electron chi connectivity index (χ0n) is 10.2. The van der Waals surface area contributed by atoms with Crippen molar-refractivity contribution >= 4 is 22.9 Å². The Morgan fingerprint density at radius 1 is 1.22 bits per heavy atom. The first-order valence-electron chi connectivity index (χ1n) is 5.44. The van der Waals surface area contributed by atoms with Crippen LogP contribution in [0.5, 0.6) is 5.75 Å². The summed E-state index contributed by atoms with van der Waals surface area (Å²) in [6, 6.07) is 9.39. The van der Waals surface area contributed by atoms with Gasteiger partial charge in [-0.3, -0.25) is 0 Å². The lowest BCUT2D eigenvalue weighted by atomic mass is 10.2. The zero-order valence-corrected chi connectivity index (χ0v) is 10.2. The number of fused-ring (bicyclic) bond motifs is 1. The highest BCUT2D eigenvalue weighted by Gasteiger charge is 2.02. The second-order valence-electron chi connectivity index (χ2n) is 3.62. The largest absolute Gasteiger partial charge is 0.496 e. The van der Waals surface area contributed by atoms with Crippen LogP contribution in [0.1, 0.15) is 5.69 Å². The lowest BCUT2D eigenvalue weighted by Crippen LogP contribution is -1.94. The normalized spacial score (nSPS) is 10.8. The number of methoxy groups -OCH3 is 2. The Morgan fingerprint density at radius 3 is 2.78 bits per heavy atom. The highest BCUT2D eigenvalue weighted by molar-refractivity contribution is 5.89. The van der Waals surface area contributed by atoms with Crippen LogP contribution in [-0.2, 0) is 9.53 Å². The fourth-order valence-corrected chi connectivity index (χ4v) is 1.63. The molecule has 2 rings (SSSR count). The van der Waals surface area contributed by atoms with Gasteiger partial charge < -0.3 is 9.47 Å². The predicted molar refractivity (Wildman–Crippen MR) is 69.3 cm³/mol. The molecular weight excluding hydrogens is 230 g/mol. The number of carbonyl (C=O) groups is 1. The second kappa shape index (κ2) is 5.31. The maximum atomic E-state index is 11.0. The van der Waals surface area contributed by atoms with E-state index in [-0.39, 0.29) is 0 Å². The number of esters is 1. The molecule has 0 N–H and O–H groups in total. The number of pyridine rings is 1. The standard InChI is InChI=1S/C14H13NO3/c1-17-13-5-3-4-12-11(13)8-6-10(15-12)7-9-14(16)18-2/h3-9H,1-2H3/b9-7+. The van der Waals surface area contributed by atoms with Crippen molar-refractivity contribution in [1.82, 2.24) is 4.98 Å². The molecule has 0 atom stereocenters. The van der Waals surface area contributed by atoms with Gasteiger partial charge in [-0.1, -0.05) is 6.07 Å². The monoisotopic (exact) mass is 243 g/mol. The molecule has 4 heteroatoms. The van der Waals surface area contributed by atoms with Crippen molar-refractivity contribution in [3.8, 4) is 5.75 Å². The van der Waals surface area contributed by atoms with Crippen LogP contribution >= 0.6 is 0 Å². The molecule has 0 unspecified atom stereocenters. The van der Waals surface area contributed by atoms with Crippen LogP contribution in [0.3, 0.4) is 0 Å². The molecule has 0 saturated heterocycles. The van der Waals surface area contributed by atoms with Crippen LogP contribution in [0, 0.1) is 0 Å². The summed E-state index contributed by atoms with van der Waals surface area (Å²) in [5, 5.41) is 0.940. The second-order valence-corrected chi connectivity index (χ2v) is 3.62. The zero-order chi connectivity index (χ0) is 13.0. The lowest BCUT2D eigenvalue weighted by Gasteiger charge is -2.04. The molecule has 1 aromatic heterocycles. The molecule has 0 aliphatic rings. The number of aromatic nitrogens is 1. The molecule has 0 amide bonds. The Morgan fingerprint density at radius 2 is 2.06 bits per heavy atom. The van der Waals surface area contributed by atoms with Gasteiger partial charge in [0.15, 0.2) is 0 Å². The van der Waals surface area contributed by atoms with E-state index in [2.05, 4.69) is 9.72 Å². The molecule has 0 aliphatic heterocycles. The third kappa shape index (κ3) is 2.48. The van der Waals surface area contributed by atoms with Gasteiger partial charge in [0.05, 0.1) is 25.4 Å².